The average molecular weight is 254 g/mol. The molecule has 0 radical (unpaired) electrons. The maximum Gasteiger partial charge on any atom is 0.325 e. The van der Waals surface area contributed by atoms with Crippen LogP contribution >= 0.6 is 0 Å². The summed E-state index contributed by atoms with van der Waals surface area (Å²) >= 11 is 0. The van der Waals surface area contributed by atoms with Crippen LogP contribution in [0, 0.1) is 0 Å². The molecular formula is C9H10N4O5. The molecule has 96 valence electrons. The minimum Gasteiger partial charge on any atom is -0.490 e. The van der Waals surface area contributed by atoms with Crippen LogP contribution in [0.1, 0.15) is 0 Å². The van der Waals surface area contributed by atoms with Crippen molar-refractivity contribution in [3.8, 4) is 5.75 Å². The van der Waals surface area contributed by atoms with E-state index in [1.165, 1.54) is 25.6 Å². The van der Waals surface area contributed by atoms with E-state index < -0.39 is 16.9 Å². The fraction of sp³-hybridized carbons (Fsp3) is 0.111. The summed E-state index contributed by atoms with van der Waals surface area (Å²) < 4.78 is 4.59. The van der Waals surface area contributed by atoms with Gasteiger partial charge in [0, 0.05) is 12.3 Å². The van der Waals surface area contributed by atoms with Gasteiger partial charge in [-0.2, -0.15) is 0 Å². The molecule has 0 bridgehead atoms. The molecule has 0 amide bonds. The summed E-state index contributed by atoms with van der Waals surface area (Å²) in [6, 6.07) is 1.24. The van der Waals surface area contributed by atoms with E-state index >= 15 is 0 Å². The molecule has 0 aliphatic carbocycles. The van der Waals surface area contributed by atoms with Crippen LogP contribution in [0.15, 0.2) is 37.6 Å². The third kappa shape index (κ3) is 3.96. The van der Waals surface area contributed by atoms with Gasteiger partial charge in [0.05, 0.1) is 13.3 Å². The average Bonchev–Trinajstić information content (AvgIpc) is 2.29. The molecule has 2 aromatic rings. The van der Waals surface area contributed by atoms with Crippen LogP contribution in [-0.2, 0) is 0 Å². The van der Waals surface area contributed by atoms with Crippen molar-refractivity contribution < 1.29 is 4.74 Å². The van der Waals surface area contributed by atoms with Gasteiger partial charge in [-0.15, -0.1) is 0 Å². The van der Waals surface area contributed by atoms with Gasteiger partial charge in [0.25, 0.3) is 11.1 Å². The Hall–Kier alpha value is -2.84. The highest BCUT2D eigenvalue weighted by atomic mass is 16.5. The third-order valence-corrected chi connectivity index (χ3v) is 1.69. The number of hydrogen-bond donors (Lipinski definition) is 4. The normalized spacial score (nSPS) is 9.17. The lowest BCUT2D eigenvalue weighted by atomic mass is 10.6. The summed E-state index contributed by atoms with van der Waals surface area (Å²) in [7, 11) is 1.35. The van der Waals surface area contributed by atoms with Crippen LogP contribution in [-0.4, -0.2) is 27.0 Å². The Bertz CT molecular complexity index is 697. The van der Waals surface area contributed by atoms with Gasteiger partial charge in [-0.05, 0) is 0 Å². The van der Waals surface area contributed by atoms with Crippen molar-refractivity contribution in [2.45, 2.75) is 0 Å². The van der Waals surface area contributed by atoms with Gasteiger partial charge in [-0.25, -0.2) is 9.59 Å². The summed E-state index contributed by atoms with van der Waals surface area (Å²) in [5, 5.41) is 0. The van der Waals surface area contributed by atoms with Crippen molar-refractivity contribution in [1.82, 2.24) is 19.9 Å². The molecule has 0 fully saturated rings. The number of methoxy groups -OCH3 is 1. The van der Waals surface area contributed by atoms with E-state index in [-0.39, 0.29) is 11.3 Å². The minimum atomic E-state index is -0.536. The number of aromatic amines is 4. The zero-order chi connectivity index (χ0) is 13.5. The first kappa shape index (κ1) is 13.2. The zero-order valence-corrected chi connectivity index (χ0v) is 9.27. The largest absolute Gasteiger partial charge is 0.490 e. The van der Waals surface area contributed by atoms with Crippen molar-refractivity contribution in [3.63, 3.8) is 0 Å². The Morgan fingerprint density at radius 3 is 2.11 bits per heavy atom. The van der Waals surface area contributed by atoms with Crippen molar-refractivity contribution in [3.05, 3.63) is 60.1 Å². The third-order valence-electron chi connectivity index (χ3n) is 1.69. The molecule has 2 rings (SSSR count). The first-order valence-corrected chi connectivity index (χ1v) is 4.67. The molecule has 0 aromatic carbocycles. The second-order valence-electron chi connectivity index (χ2n) is 2.94. The molecule has 18 heavy (non-hydrogen) atoms. The van der Waals surface area contributed by atoms with Gasteiger partial charge in [0.15, 0.2) is 0 Å². The summed E-state index contributed by atoms with van der Waals surface area (Å²) in [6.07, 6.45) is 2.50. The van der Waals surface area contributed by atoms with Crippen molar-refractivity contribution in [1.29, 1.82) is 0 Å². The Morgan fingerprint density at radius 1 is 1.00 bits per heavy atom. The Labute approximate surface area is 98.5 Å². The molecule has 2 aromatic heterocycles. The smallest absolute Gasteiger partial charge is 0.325 e. The molecule has 0 aliphatic heterocycles. The van der Waals surface area contributed by atoms with Crippen LogP contribution in [0.25, 0.3) is 0 Å². The minimum absolute atomic E-state index is 0.0969. The molecule has 2 heterocycles. The maximum atomic E-state index is 10.7. The van der Waals surface area contributed by atoms with Crippen LogP contribution in [0.2, 0.25) is 0 Å². The second-order valence-corrected chi connectivity index (χ2v) is 2.94. The van der Waals surface area contributed by atoms with Crippen LogP contribution in [0.5, 0.6) is 5.75 Å². The highest BCUT2D eigenvalue weighted by molar-refractivity contribution is 5.09. The molecule has 0 unspecified atom stereocenters. The van der Waals surface area contributed by atoms with E-state index in [2.05, 4.69) is 14.7 Å². The predicted molar refractivity (Wildman–Crippen MR) is 61.9 cm³/mol. The highest BCUT2D eigenvalue weighted by Gasteiger charge is 1.95. The predicted octanol–water partition coefficient (Wildman–Crippen LogP) is -1.86. The topological polar surface area (TPSA) is 141 Å². The molecule has 9 heteroatoms. The molecule has 9 nitrogen and oxygen atoms in total. The molecule has 0 aliphatic rings. The lowest BCUT2D eigenvalue weighted by Gasteiger charge is -1.93. The van der Waals surface area contributed by atoms with Gasteiger partial charge in [-0.1, -0.05) is 0 Å². The fourth-order valence-corrected chi connectivity index (χ4v) is 0.932. The van der Waals surface area contributed by atoms with E-state index in [9.17, 15) is 19.2 Å². The SMILES string of the molecule is COc1c[nH]c(=O)[nH]c1=O.O=c1cc[nH]c(=O)[nH]1. The number of rotatable bonds is 1. The summed E-state index contributed by atoms with van der Waals surface area (Å²) in [5.41, 5.74) is -1.91. The Morgan fingerprint density at radius 2 is 1.67 bits per heavy atom. The molecule has 0 atom stereocenters. The van der Waals surface area contributed by atoms with Crippen LogP contribution in [0.4, 0.5) is 0 Å². The summed E-state index contributed by atoms with van der Waals surface area (Å²) in [5.74, 6) is 0.0969. The Balaban J connectivity index is 0.000000184. The van der Waals surface area contributed by atoms with Gasteiger partial charge < -0.3 is 14.7 Å². The number of ether oxygens (including phenoxy) is 1. The van der Waals surface area contributed by atoms with Gasteiger partial charge in [-0.3, -0.25) is 19.6 Å². The summed E-state index contributed by atoms with van der Waals surface area (Å²) in [6.45, 7) is 0. The maximum absolute atomic E-state index is 10.7. The molecule has 0 saturated carbocycles. The highest BCUT2D eigenvalue weighted by Crippen LogP contribution is 1.91. The van der Waals surface area contributed by atoms with E-state index in [1.807, 2.05) is 9.97 Å². The van der Waals surface area contributed by atoms with Crippen molar-refractivity contribution >= 4 is 0 Å². The number of hydrogen-bond acceptors (Lipinski definition) is 5. The number of H-pyrrole nitrogens is 4. The van der Waals surface area contributed by atoms with E-state index in [1.54, 1.807) is 0 Å². The van der Waals surface area contributed by atoms with Gasteiger partial charge in [0.1, 0.15) is 0 Å². The quantitative estimate of drug-likeness (QED) is 0.472. The van der Waals surface area contributed by atoms with Crippen molar-refractivity contribution in [2.75, 3.05) is 7.11 Å². The first-order chi connectivity index (χ1) is 8.52. The van der Waals surface area contributed by atoms with Gasteiger partial charge >= 0.3 is 11.4 Å². The van der Waals surface area contributed by atoms with Crippen LogP contribution < -0.4 is 27.2 Å². The van der Waals surface area contributed by atoms with E-state index in [0.29, 0.717) is 0 Å². The molecule has 0 saturated heterocycles. The van der Waals surface area contributed by atoms with E-state index in [0.717, 1.165) is 0 Å². The first-order valence-electron chi connectivity index (χ1n) is 4.67. The lowest BCUT2D eigenvalue weighted by molar-refractivity contribution is 0.405. The number of aromatic nitrogens is 4. The zero-order valence-electron chi connectivity index (χ0n) is 9.27. The standard InChI is InChI=1S/C5H6N2O3.C4H4N2O2/c1-10-3-2-6-5(9)7-4(3)8;7-3-1-2-5-4(8)6-3/h2H,1H3,(H2,6,7,8,9);1-2H,(H2,5,6,7,8). The van der Waals surface area contributed by atoms with Gasteiger partial charge in [0.2, 0.25) is 5.75 Å². The molecule has 4 N–H and O–H groups in total. The fourth-order valence-electron chi connectivity index (χ4n) is 0.932. The molecule has 0 spiro atoms. The summed E-state index contributed by atoms with van der Waals surface area (Å²) in [4.78, 5) is 50.0. The van der Waals surface area contributed by atoms with Crippen molar-refractivity contribution in [2.24, 2.45) is 0 Å². The lowest BCUT2D eigenvalue weighted by Crippen LogP contribution is -2.21. The van der Waals surface area contributed by atoms with Crippen LogP contribution in [0.3, 0.4) is 0 Å². The number of nitrogens with one attached hydrogen (secondary N) is 4. The molecular weight excluding hydrogens is 244 g/mol. The Kier molecular flexibility index (Phi) is 4.43. The van der Waals surface area contributed by atoms with E-state index in [4.69, 9.17) is 0 Å². The second kappa shape index (κ2) is 6.03. The monoisotopic (exact) mass is 254 g/mol.